The van der Waals surface area contributed by atoms with Crippen molar-refractivity contribution in [1.82, 2.24) is 4.57 Å². The molecule has 4 N–H and O–H groups in total. The standard InChI is InChI=1S/C25H26FN3O4/c1-3-5-15-7-9-16(10-8-15)6-4-11-28-21-19(26)20(27)18-22-24(21)33-13-14(2)29(22)12-17(23(18)30)25(31)32/h3,5,7-10,12,14,28H,4,6,11,13,27H2,1-2H3,(H,31,32)/b5-3-/t14-/m0/s1. The highest BCUT2D eigenvalue weighted by molar-refractivity contribution is 6.03. The van der Waals surface area contributed by atoms with Crippen molar-refractivity contribution in [3.05, 3.63) is 69.3 Å². The molecule has 4 rings (SSSR count). The van der Waals surface area contributed by atoms with Crippen LogP contribution in [0, 0.1) is 5.82 Å². The number of aromatic nitrogens is 1. The molecular weight excluding hydrogens is 425 g/mol. The summed E-state index contributed by atoms with van der Waals surface area (Å²) < 4.78 is 22.7. The van der Waals surface area contributed by atoms with Gasteiger partial charge in [0.2, 0.25) is 5.43 Å². The maximum atomic E-state index is 15.2. The summed E-state index contributed by atoms with van der Waals surface area (Å²) in [6, 6.07) is 7.99. The first-order valence-electron chi connectivity index (χ1n) is 10.8. The quantitative estimate of drug-likeness (QED) is 0.362. The van der Waals surface area contributed by atoms with Crippen LogP contribution in [0.5, 0.6) is 5.75 Å². The summed E-state index contributed by atoms with van der Waals surface area (Å²) in [4.78, 5) is 24.3. The van der Waals surface area contributed by atoms with Gasteiger partial charge in [0, 0.05) is 12.7 Å². The Hall–Kier alpha value is -3.81. The molecule has 33 heavy (non-hydrogen) atoms. The third-order valence-electron chi connectivity index (χ3n) is 5.86. The van der Waals surface area contributed by atoms with Gasteiger partial charge in [0.25, 0.3) is 0 Å². The first kappa shape index (κ1) is 22.4. The predicted molar refractivity (Wildman–Crippen MR) is 128 cm³/mol. The zero-order chi connectivity index (χ0) is 23.7. The van der Waals surface area contributed by atoms with E-state index >= 15 is 4.39 Å². The zero-order valence-electron chi connectivity index (χ0n) is 18.5. The Bertz CT molecular complexity index is 1310. The number of carboxylic acids is 1. The summed E-state index contributed by atoms with van der Waals surface area (Å²) >= 11 is 0. The number of aryl methyl sites for hydroxylation is 1. The van der Waals surface area contributed by atoms with Gasteiger partial charge in [-0.05, 0) is 37.8 Å². The van der Waals surface area contributed by atoms with Crippen LogP contribution in [0.2, 0.25) is 0 Å². The van der Waals surface area contributed by atoms with Crippen LogP contribution in [0.1, 0.15) is 47.8 Å². The molecule has 1 aromatic heterocycles. The van der Waals surface area contributed by atoms with Crippen LogP contribution < -0.4 is 21.2 Å². The topological polar surface area (TPSA) is 107 Å². The number of allylic oxidation sites excluding steroid dienone is 1. The second-order valence-corrected chi connectivity index (χ2v) is 8.17. The molecule has 1 aliphatic heterocycles. The van der Waals surface area contributed by atoms with Crippen LogP contribution in [-0.4, -0.2) is 28.8 Å². The molecule has 1 atom stereocenters. The SMILES string of the molecule is C/C=C\c1ccc(CCCNc2c(F)c(N)c3c(=O)c(C(=O)O)cn4c3c2OC[C@@H]4C)cc1. The second kappa shape index (κ2) is 8.97. The maximum absolute atomic E-state index is 15.2. The number of hydrogen-bond acceptors (Lipinski definition) is 5. The van der Waals surface area contributed by atoms with Crippen LogP contribution in [0.25, 0.3) is 17.0 Å². The van der Waals surface area contributed by atoms with Crippen LogP contribution >= 0.6 is 0 Å². The van der Waals surface area contributed by atoms with E-state index in [0.717, 1.165) is 18.4 Å². The number of nitrogens with two attached hydrogens (primary N) is 1. The third kappa shape index (κ3) is 4.04. The number of rotatable bonds is 7. The highest BCUT2D eigenvalue weighted by atomic mass is 19.1. The van der Waals surface area contributed by atoms with Crippen molar-refractivity contribution in [2.24, 2.45) is 0 Å². The molecule has 172 valence electrons. The number of pyridine rings is 1. The highest BCUT2D eigenvalue weighted by Gasteiger charge is 2.30. The molecule has 8 heteroatoms. The number of hydrogen-bond donors (Lipinski definition) is 3. The van der Waals surface area contributed by atoms with Crippen molar-refractivity contribution in [3.63, 3.8) is 0 Å². The van der Waals surface area contributed by atoms with Gasteiger partial charge in [0.15, 0.2) is 11.6 Å². The van der Waals surface area contributed by atoms with Crippen molar-refractivity contribution in [1.29, 1.82) is 0 Å². The molecule has 7 nitrogen and oxygen atoms in total. The van der Waals surface area contributed by atoms with Gasteiger partial charge in [-0.1, -0.05) is 36.4 Å². The van der Waals surface area contributed by atoms with Crippen LogP contribution in [0.3, 0.4) is 0 Å². The average molecular weight is 451 g/mol. The van der Waals surface area contributed by atoms with E-state index in [9.17, 15) is 14.7 Å². The Morgan fingerprint density at radius 2 is 2.09 bits per heavy atom. The van der Waals surface area contributed by atoms with Gasteiger partial charge in [-0.25, -0.2) is 9.18 Å². The number of nitrogens with zero attached hydrogens (tertiary/aromatic N) is 1. The van der Waals surface area contributed by atoms with E-state index in [0.29, 0.717) is 12.1 Å². The number of ether oxygens (including phenoxy) is 1. The molecule has 0 unspecified atom stereocenters. The first-order chi connectivity index (χ1) is 15.8. The molecule has 2 aromatic carbocycles. The molecule has 3 aromatic rings. The van der Waals surface area contributed by atoms with E-state index in [1.807, 2.05) is 26.0 Å². The Morgan fingerprint density at radius 1 is 1.36 bits per heavy atom. The minimum Gasteiger partial charge on any atom is -0.487 e. The van der Waals surface area contributed by atoms with Crippen molar-refractivity contribution in [3.8, 4) is 5.75 Å². The number of benzene rings is 2. The van der Waals surface area contributed by atoms with Gasteiger partial charge in [-0.3, -0.25) is 4.79 Å². The first-order valence-corrected chi connectivity index (χ1v) is 10.8. The molecule has 1 aliphatic rings. The third-order valence-corrected chi connectivity index (χ3v) is 5.86. The molecule has 2 heterocycles. The lowest BCUT2D eigenvalue weighted by Gasteiger charge is -2.29. The number of carbonyl (C=O) groups is 1. The number of aromatic carboxylic acids is 1. The van der Waals surface area contributed by atoms with Crippen molar-refractivity contribution >= 4 is 34.3 Å². The Balaban J connectivity index is 1.64. The van der Waals surface area contributed by atoms with Crippen LogP contribution in [0.15, 0.2) is 41.3 Å². The molecular formula is C25H26FN3O4. The van der Waals surface area contributed by atoms with Gasteiger partial charge >= 0.3 is 5.97 Å². The molecule has 0 fully saturated rings. The van der Waals surface area contributed by atoms with Crippen molar-refractivity contribution in [2.45, 2.75) is 32.7 Å². The van der Waals surface area contributed by atoms with Gasteiger partial charge in [-0.15, -0.1) is 0 Å². The predicted octanol–water partition coefficient (Wildman–Crippen LogP) is 4.45. The monoisotopic (exact) mass is 451 g/mol. The smallest absolute Gasteiger partial charge is 0.341 e. The van der Waals surface area contributed by atoms with Gasteiger partial charge in [-0.2, -0.15) is 0 Å². The molecule has 0 spiro atoms. The number of anilines is 2. The van der Waals surface area contributed by atoms with Crippen molar-refractivity contribution in [2.75, 3.05) is 24.2 Å². The number of carboxylic acid groups (broad SMARTS) is 1. The molecule has 0 saturated carbocycles. The Labute approximate surface area is 190 Å². The Morgan fingerprint density at radius 3 is 2.76 bits per heavy atom. The number of nitrogens with one attached hydrogen (secondary N) is 1. The number of halogens is 1. The normalized spacial score (nSPS) is 15.1. The summed E-state index contributed by atoms with van der Waals surface area (Å²) in [5.74, 6) is -2.01. The summed E-state index contributed by atoms with van der Waals surface area (Å²) in [6.07, 6.45) is 6.83. The molecule has 0 bridgehead atoms. The summed E-state index contributed by atoms with van der Waals surface area (Å²) in [7, 11) is 0. The molecule has 0 amide bonds. The molecule has 0 saturated heterocycles. The lowest BCUT2D eigenvalue weighted by Crippen LogP contribution is -2.28. The van der Waals surface area contributed by atoms with E-state index < -0.39 is 22.8 Å². The molecule has 0 aliphatic carbocycles. The van der Waals surface area contributed by atoms with Gasteiger partial charge in [0.1, 0.15) is 17.9 Å². The minimum absolute atomic E-state index is 0.0894. The maximum Gasteiger partial charge on any atom is 0.341 e. The highest BCUT2D eigenvalue weighted by Crippen LogP contribution is 2.43. The second-order valence-electron chi connectivity index (χ2n) is 8.17. The zero-order valence-corrected chi connectivity index (χ0v) is 18.5. The largest absolute Gasteiger partial charge is 0.487 e. The van der Waals surface area contributed by atoms with Gasteiger partial charge < -0.3 is 25.5 Å². The lowest BCUT2D eigenvalue weighted by molar-refractivity contribution is 0.0694. The van der Waals surface area contributed by atoms with Gasteiger partial charge in [0.05, 0.1) is 22.6 Å². The fourth-order valence-corrected chi connectivity index (χ4v) is 4.15. The van der Waals surface area contributed by atoms with Crippen LogP contribution in [0.4, 0.5) is 15.8 Å². The van der Waals surface area contributed by atoms with Crippen molar-refractivity contribution < 1.29 is 19.0 Å². The summed E-state index contributed by atoms with van der Waals surface area (Å²) in [6.45, 7) is 4.47. The van der Waals surface area contributed by atoms with E-state index in [1.54, 1.807) is 4.57 Å². The minimum atomic E-state index is -1.38. The van der Waals surface area contributed by atoms with E-state index in [-0.39, 0.29) is 35.2 Å². The Kier molecular flexibility index (Phi) is 6.09. The van der Waals surface area contributed by atoms with Crippen LogP contribution in [-0.2, 0) is 6.42 Å². The van der Waals surface area contributed by atoms with E-state index in [4.69, 9.17) is 10.5 Å². The van der Waals surface area contributed by atoms with E-state index in [2.05, 4.69) is 29.6 Å². The fraction of sp³-hybridized carbons (Fsp3) is 0.280. The molecule has 0 radical (unpaired) electrons. The summed E-state index contributed by atoms with van der Waals surface area (Å²) in [5.41, 5.74) is 7.06. The summed E-state index contributed by atoms with van der Waals surface area (Å²) in [5, 5.41) is 12.3. The lowest BCUT2D eigenvalue weighted by atomic mass is 10.0. The fourth-order valence-electron chi connectivity index (χ4n) is 4.15. The number of nitrogen functional groups attached to an aromatic ring is 1. The average Bonchev–Trinajstić information content (AvgIpc) is 2.79. The van der Waals surface area contributed by atoms with E-state index in [1.165, 1.54) is 11.8 Å².